The molecule has 0 aliphatic carbocycles. The Balaban J connectivity index is 2.21. The van der Waals surface area contributed by atoms with Crippen LogP contribution in [0.2, 0.25) is 5.02 Å². The first-order valence-electron chi connectivity index (χ1n) is 6.13. The molecule has 0 bridgehead atoms. The molecule has 4 nitrogen and oxygen atoms in total. The van der Waals surface area contributed by atoms with Gasteiger partial charge >= 0.3 is 0 Å². The molecule has 1 rings (SSSR count). The second-order valence-electron chi connectivity index (χ2n) is 3.89. The SMILES string of the molecule is C=CCSCC(=O)NCCNC(=O)c1ccccc1Cl. The van der Waals surface area contributed by atoms with E-state index in [9.17, 15) is 9.59 Å². The van der Waals surface area contributed by atoms with Gasteiger partial charge in [-0.25, -0.2) is 0 Å². The standard InChI is InChI=1S/C14H17ClN2O2S/c1-2-9-20-10-13(18)16-7-8-17-14(19)11-5-3-4-6-12(11)15/h2-6H,1,7-10H2,(H,16,18)(H,17,19). The molecule has 0 aliphatic rings. The van der Waals surface area contributed by atoms with E-state index in [0.717, 1.165) is 5.75 Å². The zero-order chi connectivity index (χ0) is 14.8. The Hall–Kier alpha value is -1.46. The van der Waals surface area contributed by atoms with Crippen LogP contribution in [0.5, 0.6) is 0 Å². The maximum Gasteiger partial charge on any atom is 0.252 e. The summed E-state index contributed by atoms with van der Waals surface area (Å²) in [6, 6.07) is 6.83. The van der Waals surface area contributed by atoms with E-state index < -0.39 is 0 Å². The van der Waals surface area contributed by atoms with Crippen LogP contribution in [0.3, 0.4) is 0 Å². The maximum absolute atomic E-state index is 11.8. The van der Waals surface area contributed by atoms with E-state index in [1.165, 1.54) is 11.8 Å². The average molecular weight is 313 g/mol. The van der Waals surface area contributed by atoms with Gasteiger partial charge in [-0.1, -0.05) is 29.8 Å². The Labute approximate surface area is 128 Å². The van der Waals surface area contributed by atoms with Crippen LogP contribution in [0.15, 0.2) is 36.9 Å². The number of halogens is 1. The van der Waals surface area contributed by atoms with Crippen molar-refractivity contribution in [3.63, 3.8) is 0 Å². The molecule has 6 heteroatoms. The van der Waals surface area contributed by atoms with Gasteiger partial charge in [0.2, 0.25) is 5.91 Å². The minimum Gasteiger partial charge on any atom is -0.354 e. The van der Waals surface area contributed by atoms with Crippen molar-refractivity contribution in [2.75, 3.05) is 24.6 Å². The van der Waals surface area contributed by atoms with Crippen molar-refractivity contribution in [3.05, 3.63) is 47.5 Å². The van der Waals surface area contributed by atoms with E-state index in [-0.39, 0.29) is 11.8 Å². The number of nitrogens with one attached hydrogen (secondary N) is 2. The summed E-state index contributed by atoms with van der Waals surface area (Å²) in [7, 11) is 0. The molecule has 2 amide bonds. The lowest BCUT2D eigenvalue weighted by molar-refractivity contribution is -0.118. The summed E-state index contributed by atoms with van der Waals surface area (Å²) in [6.07, 6.45) is 1.75. The van der Waals surface area contributed by atoms with Crippen LogP contribution in [-0.2, 0) is 4.79 Å². The van der Waals surface area contributed by atoms with Crippen molar-refractivity contribution in [2.24, 2.45) is 0 Å². The fourth-order valence-electron chi connectivity index (χ4n) is 1.40. The van der Waals surface area contributed by atoms with Gasteiger partial charge in [0.1, 0.15) is 0 Å². The molecule has 0 aromatic heterocycles. The quantitative estimate of drug-likeness (QED) is 0.571. The topological polar surface area (TPSA) is 58.2 Å². The Kier molecular flexibility index (Phi) is 7.84. The number of hydrogen-bond acceptors (Lipinski definition) is 3. The molecule has 0 spiro atoms. The Morgan fingerprint density at radius 1 is 1.25 bits per heavy atom. The first-order valence-corrected chi connectivity index (χ1v) is 7.66. The molecule has 1 aromatic carbocycles. The zero-order valence-electron chi connectivity index (χ0n) is 11.0. The number of carbonyl (C=O) groups is 2. The number of amides is 2. The first kappa shape index (κ1) is 16.6. The molecule has 0 fully saturated rings. The second kappa shape index (κ2) is 9.44. The molecule has 0 aliphatic heterocycles. The van der Waals surface area contributed by atoms with E-state index in [1.54, 1.807) is 30.3 Å². The van der Waals surface area contributed by atoms with Crippen LogP contribution in [0, 0.1) is 0 Å². The summed E-state index contributed by atoms with van der Waals surface area (Å²) in [5, 5.41) is 5.83. The summed E-state index contributed by atoms with van der Waals surface area (Å²) in [6.45, 7) is 4.33. The highest BCUT2D eigenvalue weighted by atomic mass is 35.5. The van der Waals surface area contributed by atoms with Crippen molar-refractivity contribution in [1.29, 1.82) is 0 Å². The molecule has 0 saturated heterocycles. The van der Waals surface area contributed by atoms with Crippen molar-refractivity contribution in [2.45, 2.75) is 0 Å². The lowest BCUT2D eigenvalue weighted by Gasteiger charge is -2.07. The Morgan fingerprint density at radius 3 is 2.65 bits per heavy atom. The van der Waals surface area contributed by atoms with Gasteiger partial charge in [0.15, 0.2) is 0 Å². The third-order valence-electron chi connectivity index (χ3n) is 2.32. The molecule has 1 aromatic rings. The second-order valence-corrected chi connectivity index (χ2v) is 5.33. The Morgan fingerprint density at radius 2 is 1.95 bits per heavy atom. The predicted octanol–water partition coefficient (Wildman–Crippen LogP) is 2.11. The monoisotopic (exact) mass is 312 g/mol. The van der Waals surface area contributed by atoms with E-state index in [0.29, 0.717) is 29.4 Å². The summed E-state index contributed by atoms with van der Waals surface area (Å²) in [4.78, 5) is 23.2. The highest BCUT2D eigenvalue weighted by molar-refractivity contribution is 8.00. The smallest absolute Gasteiger partial charge is 0.252 e. The van der Waals surface area contributed by atoms with Crippen LogP contribution in [-0.4, -0.2) is 36.4 Å². The van der Waals surface area contributed by atoms with Crippen molar-refractivity contribution >= 4 is 35.2 Å². The van der Waals surface area contributed by atoms with Gasteiger partial charge in [-0.2, -0.15) is 0 Å². The Bertz CT molecular complexity index is 480. The van der Waals surface area contributed by atoms with Crippen LogP contribution >= 0.6 is 23.4 Å². The number of thioether (sulfide) groups is 1. The number of rotatable bonds is 8. The van der Waals surface area contributed by atoms with Gasteiger partial charge < -0.3 is 10.6 Å². The molecular formula is C14H17ClN2O2S. The molecule has 0 unspecified atom stereocenters. The highest BCUT2D eigenvalue weighted by Crippen LogP contribution is 2.14. The minimum absolute atomic E-state index is 0.0520. The lowest BCUT2D eigenvalue weighted by atomic mass is 10.2. The molecule has 0 atom stereocenters. The van der Waals surface area contributed by atoms with Crippen LogP contribution in [0.4, 0.5) is 0 Å². The molecule has 20 heavy (non-hydrogen) atoms. The third kappa shape index (κ3) is 6.12. The fourth-order valence-corrected chi connectivity index (χ4v) is 2.20. The van der Waals surface area contributed by atoms with Crippen molar-refractivity contribution in [3.8, 4) is 0 Å². The molecule has 0 radical (unpaired) electrons. The largest absolute Gasteiger partial charge is 0.354 e. The summed E-state index contributed by atoms with van der Waals surface area (Å²) in [5.74, 6) is 0.843. The highest BCUT2D eigenvalue weighted by Gasteiger charge is 2.08. The number of carbonyl (C=O) groups excluding carboxylic acids is 2. The van der Waals surface area contributed by atoms with Crippen LogP contribution in [0.1, 0.15) is 10.4 Å². The van der Waals surface area contributed by atoms with E-state index >= 15 is 0 Å². The van der Waals surface area contributed by atoms with Gasteiger partial charge in [0.25, 0.3) is 5.91 Å². The van der Waals surface area contributed by atoms with E-state index in [1.807, 2.05) is 0 Å². The predicted molar refractivity (Wildman–Crippen MR) is 84.3 cm³/mol. The minimum atomic E-state index is -0.245. The van der Waals surface area contributed by atoms with Gasteiger partial charge in [0, 0.05) is 18.8 Å². The van der Waals surface area contributed by atoms with Gasteiger partial charge in [-0.3, -0.25) is 9.59 Å². The van der Waals surface area contributed by atoms with Gasteiger partial charge in [0.05, 0.1) is 16.3 Å². The van der Waals surface area contributed by atoms with Gasteiger partial charge in [-0.15, -0.1) is 18.3 Å². The number of benzene rings is 1. The lowest BCUT2D eigenvalue weighted by Crippen LogP contribution is -2.35. The van der Waals surface area contributed by atoms with Gasteiger partial charge in [-0.05, 0) is 12.1 Å². The average Bonchev–Trinajstić information content (AvgIpc) is 2.44. The molecule has 0 heterocycles. The number of hydrogen-bond donors (Lipinski definition) is 2. The van der Waals surface area contributed by atoms with E-state index in [2.05, 4.69) is 17.2 Å². The maximum atomic E-state index is 11.8. The normalized spacial score (nSPS) is 9.85. The van der Waals surface area contributed by atoms with E-state index in [4.69, 9.17) is 11.6 Å². The third-order valence-corrected chi connectivity index (χ3v) is 3.59. The summed E-state index contributed by atoms with van der Waals surface area (Å²) < 4.78 is 0. The molecular weight excluding hydrogens is 296 g/mol. The summed E-state index contributed by atoms with van der Waals surface area (Å²) >= 11 is 7.40. The van der Waals surface area contributed by atoms with Crippen LogP contribution in [0.25, 0.3) is 0 Å². The van der Waals surface area contributed by atoms with Crippen molar-refractivity contribution in [1.82, 2.24) is 10.6 Å². The van der Waals surface area contributed by atoms with Crippen LogP contribution < -0.4 is 10.6 Å². The first-order chi connectivity index (χ1) is 9.65. The zero-order valence-corrected chi connectivity index (χ0v) is 12.6. The van der Waals surface area contributed by atoms with Crippen molar-refractivity contribution < 1.29 is 9.59 Å². The molecule has 0 saturated carbocycles. The molecule has 108 valence electrons. The summed E-state index contributed by atoms with van der Waals surface area (Å²) in [5.41, 5.74) is 0.432. The molecule has 2 N–H and O–H groups in total. The fraction of sp³-hybridized carbons (Fsp3) is 0.286.